The third kappa shape index (κ3) is 3.25. The minimum atomic E-state index is 0.219. The van der Waals surface area contributed by atoms with E-state index in [0.717, 1.165) is 25.5 Å². The van der Waals surface area contributed by atoms with Crippen LogP contribution in [0.25, 0.3) is 0 Å². The van der Waals surface area contributed by atoms with Crippen molar-refractivity contribution in [3.05, 3.63) is 0 Å². The van der Waals surface area contributed by atoms with Crippen molar-refractivity contribution in [3.8, 4) is 0 Å². The lowest BCUT2D eigenvalue weighted by Gasteiger charge is -2.29. The highest BCUT2D eigenvalue weighted by Gasteiger charge is 2.35. The first-order chi connectivity index (χ1) is 6.54. The molecular formula is C12H25NO. The monoisotopic (exact) mass is 199 g/mol. The maximum Gasteiger partial charge on any atom is 0.0726 e. The molecule has 2 heteroatoms. The molecule has 0 amide bonds. The Bertz CT molecular complexity index is 170. The van der Waals surface area contributed by atoms with Crippen LogP contribution in [0.4, 0.5) is 0 Å². The van der Waals surface area contributed by atoms with Crippen LogP contribution < -0.4 is 5.32 Å². The van der Waals surface area contributed by atoms with Gasteiger partial charge in [-0.25, -0.2) is 0 Å². The number of ether oxygens (including phenoxy) is 1. The molecular weight excluding hydrogens is 174 g/mol. The van der Waals surface area contributed by atoms with Gasteiger partial charge in [-0.2, -0.15) is 0 Å². The Kier molecular flexibility index (Phi) is 4.39. The van der Waals surface area contributed by atoms with E-state index >= 15 is 0 Å². The second-order valence-corrected chi connectivity index (χ2v) is 5.14. The predicted molar refractivity (Wildman–Crippen MR) is 60.5 cm³/mol. The van der Waals surface area contributed by atoms with Gasteiger partial charge in [0, 0.05) is 12.1 Å². The molecule has 1 heterocycles. The molecule has 1 saturated heterocycles. The first kappa shape index (κ1) is 12.0. The number of rotatable bonds is 5. The second-order valence-electron chi connectivity index (χ2n) is 5.14. The summed E-state index contributed by atoms with van der Waals surface area (Å²) >= 11 is 0. The third-order valence-corrected chi connectivity index (χ3v) is 3.37. The van der Waals surface area contributed by atoms with Gasteiger partial charge >= 0.3 is 0 Å². The molecule has 1 rings (SSSR count). The Labute approximate surface area is 88.4 Å². The van der Waals surface area contributed by atoms with Crippen molar-refractivity contribution in [1.82, 2.24) is 5.32 Å². The van der Waals surface area contributed by atoms with Crippen molar-refractivity contribution in [3.63, 3.8) is 0 Å². The van der Waals surface area contributed by atoms with Crippen LogP contribution in [0, 0.1) is 5.92 Å². The summed E-state index contributed by atoms with van der Waals surface area (Å²) in [6.45, 7) is 11.0. The van der Waals surface area contributed by atoms with E-state index in [1.165, 1.54) is 12.8 Å². The Morgan fingerprint density at radius 2 is 2.21 bits per heavy atom. The van der Waals surface area contributed by atoms with E-state index < -0.39 is 0 Å². The highest BCUT2D eigenvalue weighted by Crippen LogP contribution is 2.24. The summed E-state index contributed by atoms with van der Waals surface area (Å²) in [4.78, 5) is 0. The van der Waals surface area contributed by atoms with Gasteiger partial charge in [-0.15, -0.1) is 0 Å². The molecule has 1 aliphatic rings. The Morgan fingerprint density at radius 3 is 2.71 bits per heavy atom. The average molecular weight is 199 g/mol. The smallest absolute Gasteiger partial charge is 0.0726 e. The predicted octanol–water partition coefficient (Wildman–Crippen LogP) is 2.58. The zero-order valence-corrected chi connectivity index (χ0v) is 10.1. The first-order valence-corrected chi connectivity index (χ1v) is 5.91. The fraction of sp³-hybridized carbons (Fsp3) is 1.00. The normalized spacial score (nSPS) is 32.8. The van der Waals surface area contributed by atoms with Crippen LogP contribution in [-0.4, -0.2) is 24.8 Å². The second kappa shape index (κ2) is 5.13. The van der Waals surface area contributed by atoms with Crippen molar-refractivity contribution in [2.75, 3.05) is 13.2 Å². The lowest BCUT2D eigenvalue weighted by atomic mass is 9.94. The van der Waals surface area contributed by atoms with Gasteiger partial charge in [0.05, 0.1) is 6.10 Å². The van der Waals surface area contributed by atoms with Crippen LogP contribution in [0.15, 0.2) is 0 Å². The van der Waals surface area contributed by atoms with Gasteiger partial charge in [-0.1, -0.05) is 13.8 Å². The van der Waals surface area contributed by atoms with Crippen molar-refractivity contribution >= 4 is 0 Å². The molecule has 0 radical (unpaired) electrons. The molecule has 84 valence electrons. The minimum Gasteiger partial charge on any atom is -0.377 e. The van der Waals surface area contributed by atoms with Gasteiger partial charge < -0.3 is 10.1 Å². The molecule has 1 aliphatic heterocycles. The standard InChI is InChI=1S/C12H25NO/c1-10(2)6-5-8-13-12(4)7-9-14-11(12)3/h10-11,13H,5-9H2,1-4H3. The van der Waals surface area contributed by atoms with Crippen LogP contribution in [0.3, 0.4) is 0 Å². The van der Waals surface area contributed by atoms with Crippen LogP contribution >= 0.6 is 0 Å². The van der Waals surface area contributed by atoms with Gasteiger partial charge in [0.15, 0.2) is 0 Å². The molecule has 0 aromatic rings. The zero-order chi connectivity index (χ0) is 10.6. The van der Waals surface area contributed by atoms with E-state index in [2.05, 4.69) is 33.0 Å². The SMILES string of the molecule is CC(C)CCCNC1(C)CCOC1C. The maximum absolute atomic E-state index is 5.58. The quantitative estimate of drug-likeness (QED) is 0.687. The van der Waals surface area contributed by atoms with Crippen LogP contribution in [0.5, 0.6) is 0 Å². The topological polar surface area (TPSA) is 21.3 Å². The summed E-state index contributed by atoms with van der Waals surface area (Å²) in [6.07, 6.45) is 4.11. The number of nitrogens with one attached hydrogen (secondary N) is 1. The Hall–Kier alpha value is -0.0800. The molecule has 2 unspecified atom stereocenters. The van der Waals surface area contributed by atoms with Crippen molar-refractivity contribution < 1.29 is 4.74 Å². The third-order valence-electron chi connectivity index (χ3n) is 3.37. The summed E-state index contributed by atoms with van der Waals surface area (Å²) in [5.74, 6) is 0.821. The molecule has 0 spiro atoms. The van der Waals surface area contributed by atoms with Gasteiger partial charge in [0.1, 0.15) is 0 Å². The number of hydrogen-bond donors (Lipinski definition) is 1. The van der Waals surface area contributed by atoms with E-state index in [1.54, 1.807) is 0 Å². The lowest BCUT2D eigenvalue weighted by molar-refractivity contribution is 0.0886. The Balaban J connectivity index is 2.17. The van der Waals surface area contributed by atoms with E-state index in [4.69, 9.17) is 4.74 Å². The summed E-state index contributed by atoms with van der Waals surface area (Å²) in [5, 5.41) is 3.64. The van der Waals surface area contributed by atoms with Gasteiger partial charge in [-0.3, -0.25) is 0 Å². The van der Waals surface area contributed by atoms with E-state index in [9.17, 15) is 0 Å². The summed E-state index contributed by atoms with van der Waals surface area (Å²) in [7, 11) is 0. The highest BCUT2D eigenvalue weighted by atomic mass is 16.5. The molecule has 2 atom stereocenters. The molecule has 14 heavy (non-hydrogen) atoms. The van der Waals surface area contributed by atoms with Crippen molar-refractivity contribution in [1.29, 1.82) is 0 Å². The van der Waals surface area contributed by atoms with Gasteiger partial charge in [0.2, 0.25) is 0 Å². The lowest BCUT2D eigenvalue weighted by Crippen LogP contribution is -2.48. The van der Waals surface area contributed by atoms with Crippen LogP contribution in [0.2, 0.25) is 0 Å². The molecule has 0 bridgehead atoms. The van der Waals surface area contributed by atoms with E-state index in [0.29, 0.717) is 6.10 Å². The molecule has 0 aliphatic carbocycles. The van der Waals surface area contributed by atoms with Crippen LogP contribution in [-0.2, 0) is 4.74 Å². The number of hydrogen-bond acceptors (Lipinski definition) is 2. The minimum absolute atomic E-state index is 0.219. The molecule has 0 saturated carbocycles. The fourth-order valence-corrected chi connectivity index (χ4v) is 1.95. The Morgan fingerprint density at radius 1 is 1.50 bits per heavy atom. The molecule has 2 nitrogen and oxygen atoms in total. The average Bonchev–Trinajstić information content (AvgIpc) is 2.42. The van der Waals surface area contributed by atoms with E-state index in [1.807, 2.05) is 0 Å². The van der Waals surface area contributed by atoms with Gasteiger partial charge in [0.25, 0.3) is 0 Å². The molecule has 0 aromatic carbocycles. The first-order valence-electron chi connectivity index (χ1n) is 5.91. The van der Waals surface area contributed by atoms with Crippen molar-refractivity contribution in [2.45, 2.75) is 58.6 Å². The summed E-state index contributed by atoms with van der Waals surface area (Å²) in [5.41, 5.74) is 0.219. The summed E-state index contributed by atoms with van der Waals surface area (Å²) < 4.78 is 5.58. The maximum atomic E-state index is 5.58. The highest BCUT2D eigenvalue weighted by molar-refractivity contribution is 4.93. The fourth-order valence-electron chi connectivity index (χ4n) is 1.95. The summed E-state index contributed by atoms with van der Waals surface area (Å²) in [6, 6.07) is 0. The molecule has 1 fully saturated rings. The van der Waals surface area contributed by atoms with Gasteiger partial charge in [-0.05, 0) is 45.6 Å². The van der Waals surface area contributed by atoms with Crippen LogP contribution in [0.1, 0.15) is 47.0 Å². The van der Waals surface area contributed by atoms with E-state index in [-0.39, 0.29) is 5.54 Å². The molecule has 1 N–H and O–H groups in total. The van der Waals surface area contributed by atoms with Crippen molar-refractivity contribution in [2.24, 2.45) is 5.92 Å². The molecule has 0 aromatic heterocycles. The zero-order valence-electron chi connectivity index (χ0n) is 10.1. The largest absolute Gasteiger partial charge is 0.377 e.